The van der Waals surface area contributed by atoms with E-state index >= 15 is 0 Å². The maximum Gasteiger partial charge on any atom is 0.272 e. The van der Waals surface area contributed by atoms with E-state index in [-0.39, 0.29) is 11.9 Å². The van der Waals surface area contributed by atoms with Crippen molar-refractivity contribution in [1.82, 2.24) is 15.2 Å². The second kappa shape index (κ2) is 5.59. The Bertz CT molecular complexity index is 620. The van der Waals surface area contributed by atoms with E-state index in [0.717, 1.165) is 36.8 Å². The van der Waals surface area contributed by atoms with Crippen molar-refractivity contribution >= 4 is 16.8 Å². The topological polar surface area (TPSA) is 45.2 Å². The molecule has 1 amide bonds. The number of nitrogens with zero attached hydrogens (tertiary/aromatic N) is 2. The lowest BCUT2D eigenvalue weighted by molar-refractivity contribution is 0.0703. The molecule has 1 aliphatic rings. The summed E-state index contributed by atoms with van der Waals surface area (Å²) in [5.41, 5.74) is 1.39. The van der Waals surface area contributed by atoms with Gasteiger partial charge in [0.15, 0.2) is 0 Å². The van der Waals surface area contributed by atoms with E-state index in [1.54, 1.807) is 0 Å². The quantitative estimate of drug-likeness (QED) is 0.907. The van der Waals surface area contributed by atoms with Crippen molar-refractivity contribution in [2.75, 3.05) is 20.1 Å². The maximum atomic E-state index is 12.5. The van der Waals surface area contributed by atoms with E-state index < -0.39 is 0 Å². The highest BCUT2D eigenvalue weighted by Gasteiger charge is 2.23. The molecule has 2 aromatic rings. The smallest absolute Gasteiger partial charge is 0.272 e. The molecule has 1 atom stereocenters. The first kappa shape index (κ1) is 13.1. The van der Waals surface area contributed by atoms with Crippen molar-refractivity contribution in [2.24, 2.45) is 0 Å². The molecule has 1 aromatic heterocycles. The molecule has 0 aliphatic carbocycles. The largest absolute Gasteiger partial charge is 0.336 e. The highest BCUT2D eigenvalue weighted by Crippen LogP contribution is 2.15. The van der Waals surface area contributed by atoms with Crippen molar-refractivity contribution < 1.29 is 4.79 Å². The highest BCUT2D eigenvalue weighted by molar-refractivity contribution is 5.94. The molecule has 4 nitrogen and oxygen atoms in total. The molecule has 1 N–H and O–H groups in total. The minimum atomic E-state index is 0.00412. The molecule has 104 valence electrons. The van der Waals surface area contributed by atoms with Crippen LogP contribution in [-0.4, -0.2) is 42.0 Å². The number of carbonyl (C=O) groups is 1. The standard InChI is InChI=1S/C16H19N3O/c1-19(13-6-4-10-17-11-13)16(20)15-9-8-12-5-2-3-7-14(12)18-15/h2-3,5,7-9,13,17H,4,6,10-11H2,1H3. The van der Waals surface area contributed by atoms with Gasteiger partial charge < -0.3 is 10.2 Å². The van der Waals surface area contributed by atoms with E-state index in [1.165, 1.54) is 0 Å². The minimum absolute atomic E-state index is 0.00412. The van der Waals surface area contributed by atoms with E-state index in [1.807, 2.05) is 48.3 Å². The van der Waals surface area contributed by atoms with Crippen molar-refractivity contribution in [3.8, 4) is 0 Å². The second-order valence-corrected chi connectivity index (χ2v) is 5.31. The molecule has 0 bridgehead atoms. The molecule has 4 heteroatoms. The molecule has 1 aromatic carbocycles. The number of benzene rings is 1. The number of pyridine rings is 1. The average Bonchev–Trinajstić information content (AvgIpc) is 2.54. The first-order valence-corrected chi connectivity index (χ1v) is 7.09. The predicted octanol–water partition coefficient (Wildman–Crippen LogP) is 2.06. The van der Waals surface area contributed by atoms with Crippen LogP contribution in [0.25, 0.3) is 10.9 Å². The summed E-state index contributed by atoms with van der Waals surface area (Å²) in [6, 6.07) is 11.9. The number of hydrogen-bond acceptors (Lipinski definition) is 3. The van der Waals surface area contributed by atoms with Gasteiger partial charge in [-0.2, -0.15) is 0 Å². The average molecular weight is 269 g/mol. The first-order chi connectivity index (χ1) is 9.75. The zero-order valence-corrected chi connectivity index (χ0v) is 11.7. The summed E-state index contributed by atoms with van der Waals surface area (Å²) in [4.78, 5) is 18.8. The molecule has 0 spiro atoms. The van der Waals surface area contributed by atoms with Crippen molar-refractivity contribution in [3.63, 3.8) is 0 Å². The Morgan fingerprint density at radius 3 is 2.95 bits per heavy atom. The van der Waals surface area contributed by atoms with Crippen LogP contribution >= 0.6 is 0 Å². The number of piperidine rings is 1. The highest BCUT2D eigenvalue weighted by atomic mass is 16.2. The zero-order valence-electron chi connectivity index (χ0n) is 11.7. The molecular weight excluding hydrogens is 250 g/mol. The second-order valence-electron chi connectivity index (χ2n) is 5.31. The first-order valence-electron chi connectivity index (χ1n) is 7.09. The lowest BCUT2D eigenvalue weighted by Gasteiger charge is -2.31. The van der Waals surface area contributed by atoms with Gasteiger partial charge in [0, 0.05) is 25.0 Å². The Balaban J connectivity index is 1.83. The fourth-order valence-corrected chi connectivity index (χ4v) is 2.70. The van der Waals surface area contributed by atoms with Crippen LogP contribution in [0.1, 0.15) is 23.3 Å². The number of amides is 1. The third-order valence-electron chi connectivity index (χ3n) is 3.96. The van der Waals surface area contributed by atoms with E-state index in [2.05, 4.69) is 10.3 Å². The molecule has 2 heterocycles. The fourth-order valence-electron chi connectivity index (χ4n) is 2.70. The monoisotopic (exact) mass is 269 g/mol. The summed E-state index contributed by atoms with van der Waals surface area (Å²) >= 11 is 0. The van der Waals surface area contributed by atoms with Crippen LogP contribution in [0.2, 0.25) is 0 Å². The summed E-state index contributed by atoms with van der Waals surface area (Å²) in [5, 5.41) is 4.40. The van der Waals surface area contributed by atoms with Crippen molar-refractivity contribution in [3.05, 3.63) is 42.1 Å². The van der Waals surface area contributed by atoms with Crippen molar-refractivity contribution in [2.45, 2.75) is 18.9 Å². The molecule has 0 saturated carbocycles. The van der Waals surface area contributed by atoms with Gasteiger partial charge in [-0.05, 0) is 31.5 Å². The normalized spacial score (nSPS) is 18.9. The fraction of sp³-hybridized carbons (Fsp3) is 0.375. The molecule has 1 unspecified atom stereocenters. The number of rotatable bonds is 2. The summed E-state index contributed by atoms with van der Waals surface area (Å²) in [7, 11) is 1.87. The van der Waals surface area contributed by atoms with Gasteiger partial charge in [-0.3, -0.25) is 4.79 Å². The number of aromatic nitrogens is 1. The van der Waals surface area contributed by atoms with Crippen LogP contribution in [0.5, 0.6) is 0 Å². The number of carbonyl (C=O) groups excluding carboxylic acids is 1. The molecule has 1 saturated heterocycles. The van der Waals surface area contributed by atoms with Gasteiger partial charge in [-0.1, -0.05) is 24.3 Å². The summed E-state index contributed by atoms with van der Waals surface area (Å²) < 4.78 is 0. The van der Waals surface area contributed by atoms with Crippen molar-refractivity contribution in [1.29, 1.82) is 0 Å². The predicted molar refractivity (Wildman–Crippen MR) is 79.7 cm³/mol. The van der Waals surface area contributed by atoms with E-state index in [9.17, 15) is 4.79 Å². The Morgan fingerprint density at radius 1 is 1.30 bits per heavy atom. The molecule has 1 fully saturated rings. The SMILES string of the molecule is CN(C(=O)c1ccc2ccccc2n1)C1CCCNC1. The van der Waals surface area contributed by atoms with Crippen LogP contribution in [-0.2, 0) is 0 Å². The van der Waals surface area contributed by atoms with Gasteiger partial charge in [0.2, 0.25) is 0 Å². The van der Waals surface area contributed by atoms with E-state index in [0.29, 0.717) is 5.69 Å². The van der Waals surface area contributed by atoms with Gasteiger partial charge in [0.25, 0.3) is 5.91 Å². The number of likely N-dealkylation sites (N-methyl/N-ethyl adjacent to an activating group) is 1. The molecule has 1 aliphatic heterocycles. The Morgan fingerprint density at radius 2 is 2.15 bits per heavy atom. The Kier molecular flexibility index (Phi) is 3.65. The summed E-state index contributed by atoms with van der Waals surface area (Å²) in [5.74, 6) is 0.00412. The third kappa shape index (κ3) is 2.51. The lowest BCUT2D eigenvalue weighted by Crippen LogP contribution is -2.46. The molecule has 20 heavy (non-hydrogen) atoms. The van der Waals surface area contributed by atoms with Gasteiger partial charge in [0.05, 0.1) is 5.52 Å². The number of fused-ring (bicyclic) bond motifs is 1. The minimum Gasteiger partial charge on any atom is -0.336 e. The molecule has 0 radical (unpaired) electrons. The summed E-state index contributed by atoms with van der Waals surface area (Å²) in [6.07, 6.45) is 2.18. The third-order valence-corrected chi connectivity index (χ3v) is 3.96. The van der Waals surface area contributed by atoms with Gasteiger partial charge >= 0.3 is 0 Å². The lowest BCUT2D eigenvalue weighted by atomic mass is 10.1. The van der Waals surface area contributed by atoms with E-state index in [4.69, 9.17) is 0 Å². The van der Waals surface area contributed by atoms with Crippen LogP contribution in [0.4, 0.5) is 0 Å². The maximum absolute atomic E-state index is 12.5. The van der Waals surface area contributed by atoms with Crippen LogP contribution in [0, 0.1) is 0 Å². The van der Waals surface area contributed by atoms with Crippen LogP contribution < -0.4 is 5.32 Å². The number of nitrogens with one attached hydrogen (secondary N) is 1. The summed E-state index contributed by atoms with van der Waals surface area (Å²) in [6.45, 7) is 1.92. The van der Waals surface area contributed by atoms with Gasteiger partial charge in [0.1, 0.15) is 5.69 Å². The van der Waals surface area contributed by atoms with Gasteiger partial charge in [-0.25, -0.2) is 4.98 Å². The Hall–Kier alpha value is -1.94. The number of para-hydroxylation sites is 1. The molecule has 3 rings (SSSR count). The van der Waals surface area contributed by atoms with Gasteiger partial charge in [-0.15, -0.1) is 0 Å². The number of hydrogen-bond donors (Lipinski definition) is 1. The Labute approximate surface area is 118 Å². The van der Waals surface area contributed by atoms with Crippen LogP contribution in [0.3, 0.4) is 0 Å². The van der Waals surface area contributed by atoms with Crippen LogP contribution in [0.15, 0.2) is 36.4 Å². The zero-order chi connectivity index (χ0) is 13.9. The molecular formula is C16H19N3O.